The maximum Gasteiger partial charge on any atom is 0.266 e. The lowest BCUT2D eigenvalue weighted by Gasteiger charge is -2.17. The van der Waals surface area contributed by atoms with Gasteiger partial charge in [0.15, 0.2) is 0 Å². The average Bonchev–Trinajstić information content (AvgIpc) is 2.44. The molecule has 0 unspecified atom stereocenters. The van der Waals surface area contributed by atoms with Gasteiger partial charge in [0.2, 0.25) is 0 Å². The molecule has 1 heterocycles. The molecule has 0 saturated heterocycles. The van der Waals surface area contributed by atoms with Gasteiger partial charge in [-0.05, 0) is 31.2 Å². The highest BCUT2D eigenvalue weighted by atomic mass is 32.2. The van der Waals surface area contributed by atoms with E-state index < -0.39 is 46.7 Å². The molecule has 0 aliphatic rings. The van der Waals surface area contributed by atoms with Crippen molar-refractivity contribution >= 4 is 20.2 Å². The normalized spacial score (nSPS) is 11.9. The molecule has 0 saturated carbocycles. The molecule has 126 valence electrons. The number of hydrogen-bond donors (Lipinski definition) is 1. The molecule has 0 bridgehead atoms. The molecule has 0 spiro atoms. The van der Waals surface area contributed by atoms with Crippen molar-refractivity contribution in [2.45, 2.75) is 16.7 Å². The first-order valence-corrected chi connectivity index (χ1v) is 8.97. The van der Waals surface area contributed by atoms with Gasteiger partial charge in [0.25, 0.3) is 5.56 Å². The third-order valence-corrected chi connectivity index (χ3v) is 4.80. The molecule has 24 heavy (non-hydrogen) atoms. The lowest BCUT2D eigenvalue weighted by molar-refractivity contribution is 0.459. The quantitative estimate of drug-likeness (QED) is 0.739. The number of rotatable bonds is 3. The van der Waals surface area contributed by atoms with Crippen molar-refractivity contribution in [3.05, 3.63) is 45.9 Å². The summed E-state index contributed by atoms with van der Waals surface area (Å²) >= 11 is 0. The van der Waals surface area contributed by atoms with E-state index in [4.69, 9.17) is 5.26 Å². The van der Waals surface area contributed by atoms with Crippen molar-refractivity contribution in [1.82, 2.24) is 4.98 Å². The molecule has 1 N–H and O–H groups in total. The van der Waals surface area contributed by atoms with Crippen molar-refractivity contribution in [2.24, 2.45) is 0 Å². The van der Waals surface area contributed by atoms with Crippen LogP contribution in [0.4, 0.5) is 0 Å². The van der Waals surface area contributed by atoms with Crippen LogP contribution in [0, 0.1) is 18.3 Å². The SMILES string of the molecule is Cc1cc(-c2cc(S(=O)(=O)[O-])ccc2S(=O)(=O)[O-])c(C#N)c(=O)[nH]1. The van der Waals surface area contributed by atoms with Crippen LogP contribution in [0.15, 0.2) is 38.9 Å². The zero-order valence-corrected chi connectivity index (χ0v) is 13.6. The number of aromatic amines is 1. The maximum absolute atomic E-state index is 11.8. The summed E-state index contributed by atoms with van der Waals surface area (Å²) < 4.78 is 67.7. The summed E-state index contributed by atoms with van der Waals surface area (Å²) in [6.45, 7) is 1.44. The van der Waals surface area contributed by atoms with Crippen LogP contribution in [0.25, 0.3) is 11.1 Å². The molecular formula is C13H8N2O7S2-2. The molecule has 2 aromatic rings. The Hall–Kier alpha value is -2.52. The first-order valence-electron chi connectivity index (χ1n) is 6.15. The fraction of sp³-hybridized carbons (Fsp3) is 0.0769. The third-order valence-electron chi connectivity index (χ3n) is 3.08. The topological polar surface area (TPSA) is 171 Å². The predicted octanol–water partition coefficient (Wildman–Crippen LogP) is 0.0302. The molecular weight excluding hydrogens is 360 g/mol. The summed E-state index contributed by atoms with van der Waals surface area (Å²) in [6.07, 6.45) is 0. The van der Waals surface area contributed by atoms with Crippen LogP contribution in [-0.4, -0.2) is 30.9 Å². The molecule has 0 atom stereocenters. The van der Waals surface area contributed by atoms with Crippen LogP contribution >= 0.6 is 0 Å². The van der Waals surface area contributed by atoms with Gasteiger partial charge in [-0.3, -0.25) is 4.79 Å². The van der Waals surface area contributed by atoms with E-state index in [-0.39, 0.29) is 11.3 Å². The highest BCUT2D eigenvalue weighted by molar-refractivity contribution is 7.86. The summed E-state index contributed by atoms with van der Waals surface area (Å²) in [5.41, 5.74) is -1.91. The summed E-state index contributed by atoms with van der Waals surface area (Å²) in [7, 11) is -10.0. The van der Waals surface area contributed by atoms with Crippen molar-refractivity contribution in [3.8, 4) is 17.2 Å². The van der Waals surface area contributed by atoms with Crippen molar-refractivity contribution < 1.29 is 25.9 Å². The summed E-state index contributed by atoms with van der Waals surface area (Å²) in [5, 5.41) is 9.10. The van der Waals surface area contributed by atoms with Gasteiger partial charge in [0, 0.05) is 16.8 Å². The fourth-order valence-corrected chi connectivity index (χ4v) is 3.27. The minimum absolute atomic E-state index is 0.235. The Morgan fingerprint density at radius 2 is 1.67 bits per heavy atom. The van der Waals surface area contributed by atoms with E-state index in [1.54, 1.807) is 6.07 Å². The van der Waals surface area contributed by atoms with E-state index >= 15 is 0 Å². The van der Waals surface area contributed by atoms with Crippen molar-refractivity contribution in [2.75, 3.05) is 0 Å². The molecule has 0 fully saturated rings. The second-order valence-corrected chi connectivity index (χ2v) is 7.48. The summed E-state index contributed by atoms with van der Waals surface area (Å²) in [5.74, 6) is 0. The number of aryl methyl sites for hydroxylation is 1. The molecule has 0 aliphatic carbocycles. The van der Waals surface area contributed by atoms with Gasteiger partial charge in [-0.25, -0.2) is 16.8 Å². The number of hydrogen-bond acceptors (Lipinski definition) is 8. The van der Waals surface area contributed by atoms with Gasteiger partial charge in [0.05, 0.1) is 9.79 Å². The van der Waals surface area contributed by atoms with Crippen LogP contribution in [0.2, 0.25) is 0 Å². The van der Waals surface area contributed by atoms with Gasteiger partial charge in [0.1, 0.15) is 31.9 Å². The number of benzene rings is 1. The predicted molar refractivity (Wildman–Crippen MR) is 77.9 cm³/mol. The van der Waals surface area contributed by atoms with E-state index in [0.717, 1.165) is 0 Å². The summed E-state index contributed by atoms with van der Waals surface area (Å²) in [4.78, 5) is 12.5. The van der Waals surface area contributed by atoms with Gasteiger partial charge in [-0.1, -0.05) is 0 Å². The lowest BCUT2D eigenvalue weighted by atomic mass is 10.0. The Morgan fingerprint density at radius 3 is 2.17 bits per heavy atom. The van der Waals surface area contributed by atoms with Gasteiger partial charge < -0.3 is 14.1 Å². The fourth-order valence-electron chi connectivity index (χ4n) is 2.11. The highest BCUT2D eigenvalue weighted by Gasteiger charge is 2.18. The van der Waals surface area contributed by atoms with E-state index in [0.29, 0.717) is 18.2 Å². The molecule has 2 rings (SSSR count). The van der Waals surface area contributed by atoms with E-state index in [1.165, 1.54) is 13.0 Å². The first kappa shape index (κ1) is 17.8. The molecule has 0 amide bonds. The molecule has 1 aromatic carbocycles. The second-order valence-electron chi connectivity index (χ2n) is 4.75. The maximum atomic E-state index is 11.8. The number of nitriles is 1. The van der Waals surface area contributed by atoms with E-state index in [9.17, 15) is 30.7 Å². The second kappa shape index (κ2) is 5.84. The largest absolute Gasteiger partial charge is 0.744 e. The standard InChI is InChI=1S/C13H10N2O7S2/c1-7-4-9(11(6-14)13(16)15-7)10-5-8(23(17,18)19)2-3-12(10)24(20,21)22/h2-5H,1H3,(H,15,16)(H,17,18,19)(H,20,21,22)/p-2. The summed E-state index contributed by atoms with van der Waals surface area (Å²) in [6, 6.07) is 4.73. The molecule has 0 aliphatic heterocycles. The van der Waals surface area contributed by atoms with Gasteiger partial charge >= 0.3 is 0 Å². The Balaban J connectivity index is 3.03. The molecule has 0 radical (unpaired) electrons. The van der Waals surface area contributed by atoms with Crippen LogP contribution < -0.4 is 5.56 Å². The minimum atomic E-state index is -5.06. The van der Waals surface area contributed by atoms with Crippen LogP contribution in [0.3, 0.4) is 0 Å². The first-order chi connectivity index (χ1) is 10.9. The average molecular weight is 368 g/mol. The zero-order valence-electron chi connectivity index (χ0n) is 11.9. The zero-order chi connectivity index (χ0) is 18.3. The number of aromatic nitrogens is 1. The molecule has 11 heteroatoms. The Bertz CT molecular complexity index is 1140. The van der Waals surface area contributed by atoms with Crippen molar-refractivity contribution in [1.29, 1.82) is 5.26 Å². The number of H-pyrrole nitrogens is 1. The number of pyridine rings is 1. The van der Waals surface area contributed by atoms with Crippen molar-refractivity contribution in [3.63, 3.8) is 0 Å². The number of nitrogens with zero attached hydrogens (tertiary/aromatic N) is 1. The highest BCUT2D eigenvalue weighted by Crippen LogP contribution is 2.31. The molecule has 1 aromatic heterocycles. The third kappa shape index (κ3) is 3.36. The smallest absolute Gasteiger partial charge is 0.266 e. The minimum Gasteiger partial charge on any atom is -0.744 e. The van der Waals surface area contributed by atoms with Gasteiger partial charge in [-0.2, -0.15) is 5.26 Å². The Morgan fingerprint density at radius 1 is 1.04 bits per heavy atom. The Labute approximate surface area is 136 Å². The van der Waals surface area contributed by atoms with Crippen LogP contribution in [-0.2, 0) is 20.2 Å². The van der Waals surface area contributed by atoms with Crippen LogP contribution in [0.1, 0.15) is 11.3 Å². The van der Waals surface area contributed by atoms with E-state index in [2.05, 4.69) is 4.98 Å². The van der Waals surface area contributed by atoms with Gasteiger partial charge in [-0.15, -0.1) is 0 Å². The Kier molecular flexibility index (Phi) is 4.34. The van der Waals surface area contributed by atoms with E-state index in [1.807, 2.05) is 0 Å². The number of nitrogens with one attached hydrogen (secondary N) is 1. The monoisotopic (exact) mass is 368 g/mol. The van der Waals surface area contributed by atoms with Crippen LogP contribution in [0.5, 0.6) is 0 Å². The lowest BCUT2D eigenvalue weighted by Crippen LogP contribution is -2.14. The molecule has 9 nitrogen and oxygen atoms in total.